The molecule has 0 aromatic carbocycles. The molecule has 0 radical (unpaired) electrons. The lowest BCUT2D eigenvalue weighted by Gasteiger charge is -2.28. The maximum Gasteiger partial charge on any atom is 0.330 e. The number of ether oxygens (including phenoxy) is 1. The summed E-state index contributed by atoms with van der Waals surface area (Å²) in [5.41, 5.74) is 0. The predicted octanol–water partition coefficient (Wildman–Crippen LogP) is 2.30. The Morgan fingerprint density at radius 1 is 1.39 bits per heavy atom. The van der Waals surface area contributed by atoms with E-state index in [1.165, 1.54) is 23.6 Å². The van der Waals surface area contributed by atoms with Crippen molar-refractivity contribution >= 4 is 29.4 Å². The van der Waals surface area contributed by atoms with E-state index in [9.17, 15) is 14.4 Å². The molecule has 1 aliphatic carbocycles. The summed E-state index contributed by atoms with van der Waals surface area (Å²) < 4.78 is 10.8. The molecule has 7 heteroatoms. The van der Waals surface area contributed by atoms with Gasteiger partial charge in [-0.2, -0.15) is 0 Å². The summed E-state index contributed by atoms with van der Waals surface area (Å²) in [7, 11) is 0. The number of thioether (sulfide) groups is 1. The Hall–Kier alpha value is -1.76. The first-order valence-corrected chi connectivity index (χ1v) is 8.80. The Kier molecular flexibility index (Phi) is 4.75. The van der Waals surface area contributed by atoms with E-state index in [0.29, 0.717) is 24.4 Å². The Morgan fingerprint density at radius 2 is 2.22 bits per heavy atom. The molecule has 1 aliphatic heterocycles. The molecule has 1 amide bonds. The van der Waals surface area contributed by atoms with Gasteiger partial charge in [-0.3, -0.25) is 9.59 Å². The minimum absolute atomic E-state index is 0.0211. The fraction of sp³-hybridized carbons (Fsp3) is 0.562. The lowest BCUT2D eigenvalue weighted by Crippen LogP contribution is -2.45. The second-order valence-corrected chi connectivity index (χ2v) is 6.89. The second-order valence-electron chi connectivity index (χ2n) is 5.78. The summed E-state index contributed by atoms with van der Waals surface area (Å²) in [4.78, 5) is 37.8. The van der Waals surface area contributed by atoms with E-state index in [2.05, 4.69) is 0 Å². The second kappa shape index (κ2) is 6.78. The van der Waals surface area contributed by atoms with Crippen molar-refractivity contribution in [2.45, 2.75) is 50.1 Å². The van der Waals surface area contributed by atoms with Crippen LogP contribution < -0.4 is 0 Å². The molecule has 2 heterocycles. The number of carbonyl (C=O) groups excluding carboxylic acids is 3. The van der Waals surface area contributed by atoms with Crippen LogP contribution >= 0.6 is 11.8 Å². The Morgan fingerprint density at radius 3 is 2.87 bits per heavy atom. The van der Waals surface area contributed by atoms with Gasteiger partial charge in [-0.15, -0.1) is 11.8 Å². The third-order valence-corrected chi connectivity index (χ3v) is 5.46. The van der Waals surface area contributed by atoms with E-state index in [4.69, 9.17) is 9.15 Å². The van der Waals surface area contributed by atoms with Crippen LogP contribution in [-0.2, 0) is 19.1 Å². The van der Waals surface area contributed by atoms with Crippen LogP contribution in [0, 0.1) is 0 Å². The van der Waals surface area contributed by atoms with E-state index in [-0.39, 0.29) is 17.1 Å². The predicted molar refractivity (Wildman–Crippen MR) is 83.6 cm³/mol. The van der Waals surface area contributed by atoms with E-state index in [1.54, 1.807) is 18.4 Å². The molecule has 1 aromatic rings. The summed E-state index contributed by atoms with van der Waals surface area (Å²) >= 11 is 1.46. The van der Waals surface area contributed by atoms with Crippen LogP contribution in [0.4, 0.5) is 0 Å². The average molecular weight is 337 g/mol. The number of nitrogens with zero attached hydrogens (tertiary/aromatic N) is 1. The number of hydrogen-bond acceptors (Lipinski definition) is 6. The Balaban J connectivity index is 1.72. The smallest absolute Gasteiger partial charge is 0.330 e. The highest BCUT2D eigenvalue weighted by atomic mass is 32.2. The zero-order chi connectivity index (χ0) is 16.4. The number of amides is 1. The van der Waals surface area contributed by atoms with E-state index >= 15 is 0 Å². The van der Waals surface area contributed by atoms with Crippen molar-refractivity contribution in [2.75, 3.05) is 5.75 Å². The Labute approximate surface area is 138 Å². The molecule has 1 saturated heterocycles. The lowest BCUT2D eigenvalue weighted by molar-refractivity contribution is -0.163. The van der Waals surface area contributed by atoms with Crippen molar-refractivity contribution in [3.05, 3.63) is 24.2 Å². The minimum Gasteiger partial charge on any atom is -0.466 e. The summed E-state index contributed by atoms with van der Waals surface area (Å²) in [6, 6.07) is 2.86. The lowest BCUT2D eigenvalue weighted by atomic mass is 9.96. The van der Waals surface area contributed by atoms with Crippen LogP contribution in [0.3, 0.4) is 0 Å². The van der Waals surface area contributed by atoms with Crippen molar-refractivity contribution < 1.29 is 23.5 Å². The zero-order valence-electron chi connectivity index (χ0n) is 12.9. The molecule has 0 bridgehead atoms. The number of Topliss-reactive ketones (excluding diaryl/α,β-unsaturated/α-hetero) is 1. The topological polar surface area (TPSA) is 76.8 Å². The van der Waals surface area contributed by atoms with Gasteiger partial charge in [-0.25, -0.2) is 4.79 Å². The first kappa shape index (κ1) is 16.1. The molecule has 0 spiro atoms. The number of ketones is 1. The molecule has 6 nitrogen and oxygen atoms in total. The summed E-state index contributed by atoms with van der Waals surface area (Å²) in [6.45, 7) is 1.42. The summed E-state index contributed by atoms with van der Waals surface area (Å²) in [6.07, 6.45) is 3.66. The number of esters is 1. The third-order valence-electron chi connectivity index (χ3n) is 4.18. The molecule has 3 atom stereocenters. The molecule has 23 heavy (non-hydrogen) atoms. The van der Waals surface area contributed by atoms with Crippen molar-refractivity contribution in [1.29, 1.82) is 0 Å². The SMILES string of the molecule is CC(=O)N1[C@@H](C(=O)O[C@@H]2CCCCC2=O)CS[C@@H]1c1ccco1. The number of carbonyl (C=O) groups is 3. The van der Waals surface area contributed by atoms with Crippen molar-refractivity contribution in [3.8, 4) is 0 Å². The number of rotatable bonds is 3. The fourth-order valence-corrected chi connectivity index (χ4v) is 4.43. The quantitative estimate of drug-likeness (QED) is 0.788. The van der Waals surface area contributed by atoms with Crippen molar-refractivity contribution in [2.24, 2.45) is 0 Å². The molecule has 1 saturated carbocycles. The van der Waals surface area contributed by atoms with Crippen molar-refractivity contribution in [3.63, 3.8) is 0 Å². The molecule has 1 aromatic heterocycles. The average Bonchev–Trinajstić information content (AvgIpc) is 3.17. The van der Waals surface area contributed by atoms with Gasteiger partial charge in [-0.1, -0.05) is 0 Å². The summed E-state index contributed by atoms with van der Waals surface area (Å²) in [5.74, 6) is 0.335. The number of furan rings is 1. The molecule has 0 unspecified atom stereocenters. The van der Waals surface area contributed by atoms with Crippen LogP contribution in [0.1, 0.15) is 43.7 Å². The van der Waals surface area contributed by atoms with Crippen LogP contribution in [0.5, 0.6) is 0 Å². The van der Waals surface area contributed by atoms with E-state index < -0.39 is 18.1 Å². The molecule has 0 N–H and O–H groups in total. The van der Waals surface area contributed by atoms with Crippen LogP contribution in [0.15, 0.2) is 22.8 Å². The van der Waals surface area contributed by atoms with Crippen LogP contribution in [0.2, 0.25) is 0 Å². The van der Waals surface area contributed by atoms with Gasteiger partial charge in [0.25, 0.3) is 0 Å². The van der Waals surface area contributed by atoms with E-state index in [1.807, 2.05) is 0 Å². The molecular formula is C16H19NO5S. The van der Waals surface area contributed by atoms with Crippen LogP contribution in [-0.4, -0.2) is 40.5 Å². The highest BCUT2D eigenvalue weighted by Crippen LogP contribution is 2.42. The van der Waals surface area contributed by atoms with Gasteiger partial charge in [0.05, 0.1) is 6.26 Å². The minimum atomic E-state index is -0.678. The van der Waals surface area contributed by atoms with Gasteiger partial charge < -0.3 is 14.1 Å². The molecule has 2 fully saturated rings. The van der Waals surface area contributed by atoms with Gasteiger partial charge in [-0.05, 0) is 31.4 Å². The largest absolute Gasteiger partial charge is 0.466 e. The molecule has 124 valence electrons. The van der Waals surface area contributed by atoms with Gasteiger partial charge in [0.1, 0.15) is 17.2 Å². The molecular weight excluding hydrogens is 318 g/mol. The zero-order valence-corrected chi connectivity index (χ0v) is 13.7. The Bertz CT molecular complexity index is 600. The van der Waals surface area contributed by atoms with Gasteiger partial charge in [0.15, 0.2) is 11.9 Å². The maximum atomic E-state index is 12.5. The van der Waals surface area contributed by atoms with Gasteiger partial charge >= 0.3 is 5.97 Å². The van der Waals surface area contributed by atoms with Crippen LogP contribution in [0.25, 0.3) is 0 Å². The highest BCUT2D eigenvalue weighted by Gasteiger charge is 2.44. The standard InChI is InChI=1S/C16H19NO5S/c1-10(18)17-11(9-23-15(17)14-7-4-8-21-14)16(20)22-13-6-3-2-5-12(13)19/h4,7-8,11,13,15H,2-3,5-6,9H2,1H3/t11-,13-,15-/m1/s1. The normalized spacial score (nSPS) is 28.0. The van der Waals surface area contributed by atoms with Gasteiger partial charge in [0, 0.05) is 19.1 Å². The first-order valence-electron chi connectivity index (χ1n) is 7.75. The highest BCUT2D eigenvalue weighted by molar-refractivity contribution is 7.99. The first-order chi connectivity index (χ1) is 11.1. The fourth-order valence-electron chi connectivity index (χ4n) is 3.02. The maximum absolute atomic E-state index is 12.5. The van der Waals surface area contributed by atoms with Crippen molar-refractivity contribution in [1.82, 2.24) is 4.90 Å². The van der Waals surface area contributed by atoms with Gasteiger partial charge in [0.2, 0.25) is 5.91 Å². The number of hydrogen-bond donors (Lipinski definition) is 0. The van der Waals surface area contributed by atoms with E-state index in [0.717, 1.165) is 12.8 Å². The monoisotopic (exact) mass is 337 g/mol. The third kappa shape index (κ3) is 3.29. The summed E-state index contributed by atoms with van der Waals surface area (Å²) in [5, 5.41) is -0.331. The molecule has 2 aliphatic rings. The molecule has 3 rings (SSSR count).